The van der Waals surface area contributed by atoms with Crippen LogP contribution in [0.1, 0.15) is 24.2 Å². The number of H-pyrrole nitrogens is 1. The maximum absolute atomic E-state index is 12.5. The van der Waals surface area contributed by atoms with Crippen molar-refractivity contribution in [3.05, 3.63) is 35.5 Å². The molecular weight excluding hydrogens is 253 g/mol. The molecule has 0 bridgehead atoms. The molecule has 1 unspecified atom stereocenters. The number of para-hydroxylation sites is 1. The summed E-state index contributed by atoms with van der Waals surface area (Å²) in [5.41, 5.74) is 3.10. The van der Waals surface area contributed by atoms with E-state index in [9.17, 15) is 13.2 Å². The number of hydrogen-bond donors (Lipinski definition) is 1. The Balaban J connectivity index is 1.97. The molecule has 0 saturated carbocycles. The van der Waals surface area contributed by atoms with E-state index >= 15 is 0 Å². The molecule has 1 atom stereocenters. The zero-order chi connectivity index (χ0) is 13.6. The lowest BCUT2D eigenvalue weighted by molar-refractivity contribution is -0.151. The smallest absolute Gasteiger partial charge is 0.357 e. The zero-order valence-electron chi connectivity index (χ0n) is 10.6. The van der Waals surface area contributed by atoms with E-state index in [1.807, 2.05) is 31.2 Å². The molecule has 2 nitrogen and oxygen atoms in total. The fraction of sp³-hybridized carbons (Fsp3) is 0.429. The molecule has 1 aromatic carbocycles. The second-order valence-electron chi connectivity index (χ2n) is 5.07. The summed E-state index contributed by atoms with van der Waals surface area (Å²) in [7, 11) is 0. The van der Waals surface area contributed by atoms with Gasteiger partial charge in [-0.3, -0.25) is 4.90 Å². The minimum Gasteiger partial charge on any atom is -0.357 e. The fourth-order valence-corrected chi connectivity index (χ4v) is 2.92. The van der Waals surface area contributed by atoms with E-state index in [1.165, 1.54) is 10.5 Å². The summed E-state index contributed by atoms with van der Waals surface area (Å²) >= 11 is 0. The van der Waals surface area contributed by atoms with Crippen molar-refractivity contribution in [2.75, 3.05) is 13.1 Å². The van der Waals surface area contributed by atoms with Crippen molar-refractivity contribution in [3.8, 4) is 0 Å². The van der Waals surface area contributed by atoms with Gasteiger partial charge < -0.3 is 4.98 Å². The number of hydrogen-bond acceptors (Lipinski definition) is 1. The first-order valence-corrected chi connectivity index (χ1v) is 6.36. The summed E-state index contributed by atoms with van der Waals surface area (Å²) in [6, 6.07) is 7.66. The first-order chi connectivity index (χ1) is 8.96. The maximum Gasteiger partial charge on any atom is 0.401 e. The van der Waals surface area contributed by atoms with Crippen molar-refractivity contribution in [2.45, 2.75) is 25.6 Å². The summed E-state index contributed by atoms with van der Waals surface area (Å²) in [5.74, 6) is 0. The van der Waals surface area contributed by atoms with Crippen LogP contribution in [0.5, 0.6) is 0 Å². The minimum atomic E-state index is -4.14. The number of aromatic nitrogens is 1. The highest BCUT2D eigenvalue weighted by Gasteiger charge is 2.36. The second-order valence-corrected chi connectivity index (χ2v) is 5.07. The SMILES string of the molecule is CC1c2[nH]c3ccccc3c2CCN1CC(F)(F)F. The number of rotatable bonds is 1. The standard InChI is InChI=1S/C14H15F3N2/c1-9-13-11(6-7-19(9)8-14(15,16)17)10-4-2-3-5-12(10)18-13/h2-5,9,18H,6-8H2,1H3. The molecule has 19 heavy (non-hydrogen) atoms. The van der Waals surface area contributed by atoms with Crippen LogP contribution in [0.4, 0.5) is 13.2 Å². The van der Waals surface area contributed by atoms with Gasteiger partial charge in [-0.25, -0.2) is 0 Å². The molecule has 1 aliphatic rings. The third-order valence-corrected chi connectivity index (χ3v) is 3.84. The number of benzene rings is 1. The van der Waals surface area contributed by atoms with Gasteiger partial charge in [0.2, 0.25) is 0 Å². The molecule has 0 radical (unpaired) electrons. The molecule has 2 aromatic rings. The Kier molecular flexibility index (Phi) is 2.82. The lowest BCUT2D eigenvalue weighted by Crippen LogP contribution is -2.40. The van der Waals surface area contributed by atoms with E-state index in [0.717, 1.165) is 16.6 Å². The molecular formula is C14H15F3N2. The summed E-state index contributed by atoms with van der Waals surface area (Å²) < 4.78 is 37.6. The summed E-state index contributed by atoms with van der Waals surface area (Å²) in [6.45, 7) is 1.44. The first kappa shape index (κ1) is 12.5. The van der Waals surface area contributed by atoms with Crippen LogP contribution in [0.2, 0.25) is 0 Å². The Morgan fingerprint density at radius 1 is 1.32 bits per heavy atom. The molecule has 3 rings (SSSR count). The minimum absolute atomic E-state index is 0.224. The second kappa shape index (κ2) is 4.27. The van der Waals surface area contributed by atoms with E-state index in [2.05, 4.69) is 4.98 Å². The van der Waals surface area contributed by atoms with Gasteiger partial charge in [0.25, 0.3) is 0 Å². The van der Waals surface area contributed by atoms with E-state index in [0.29, 0.717) is 13.0 Å². The number of fused-ring (bicyclic) bond motifs is 3. The van der Waals surface area contributed by atoms with Crippen LogP contribution >= 0.6 is 0 Å². The van der Waals surface area contributed by atoms with Crippen molar-refractivity contribution < 1.29 is 13.2 Å². The molecule has 1 N–H and O–H groups in total. The third kappa shape index (κ3) is 2.23. The highest BCUT2D eigenvalue weighted by molar-refractivity contribution is 5.85. The van der Waals surface area contributed by atoms with Crippen LogP contribution in [0.3, 0.4) is 0 Å². The molecule has 0 saturated heterocycles. The van der Waals surface area contributed by atoms with Crippen LogP contribution in [0.25, 0.3) is 10.9 Å². The number of halogens is 3. The third-order valence-electron chi connectivity index (χ3n) is 3.84. The highest BCUT2D eigenvalue weighted by Crippen LogP contribution is 2.35. The normalized spacial score (nSPS) is 20.7. The molecule has 0 amide bonds. The van der Waals surface area contributed by atoms with Gasteiger partial charge in [-0.1, -0.05) is 18.2 Å². The molecule has 2 heterocycles. The van der Waals surface area contributed by atoms with Crippen molar-refractivity contribution in [3.63, 3.8) is 0 Å². The lowest BCUT2D eigenvalue weighted by atomic mass is 9.98. The van der Waals surface area contributed by atoms with Crippen molar-refractivity contribution in [1.82, 2.24) is 9.88 Å². The summed E-state index contributed by atoms with van der Waals surface area (Å²) in [5, 5.41) is 1.14. The Labute approximate surface area is 109 Å². The van der Waals surface area contributed by atoms with Gasteiger partial charge in [0.05, 0.1) is 6.54 Å². The van der Waals surface area contributed by atoms with Crippen molar-refractivity contribution >= 4 is 10.9 Å². The Hall–Kier alpha value is -1.49. The Bertz CT molecular complexity index is 600. The molecule has 0 aliphatic carbocycles. The van der Waals surface area contributed by atoms with Crippen LogP contribution in [-0.2, 0) is 6.42 Å². The number of nitrogens with one attached hydrogen (secondary N) is 1. The highest BCUT2D eigenvalue weighted by atomic mass is 19.4. The van der Waals surface area contributed by atoms with Gasteiger partial charge in [-0.05, 0) is 25.0 Å². The van der Waals surface area contributed by atoms with Crippen LogP contribution < -0.4 is 0 Å². The fourth-order valence-electron chi connectivity index (χ4n) is 2.92. The largest absolute Gasteiger partial charge is 0.401 e. The van der Waals surface area contributed by atoms with Gasteiger partial charge >= 0.3 is 6.18 Å². The molecule has 5 heteroatoms. The molecule has 1 aromatic heterocycles. The van der Waals surface area contributed by atoms with E-state index in [-0.39, 0.29) is 6.04 Å². The number of aromatic amines is 1. The molecule has 0 spiro atoms. The average Bonchev–Trinajstić information content (AvgIpc) is 2.71. The quantitative estimate of drug-likeness (QED) is 0.836. The zero-order valence-corrected chi connectivity index (χ0v) is 10.6. The lowest BCUT2D eigenvalue weighted by Gasteiger charge is -2.33. The van der Waals surface area contributed by atoms with Crippen LogP contribution in [0.15, 0.2) is 24.3 Å². The van der Waals surface area contributed by atoms with Gasteiger partial charge in [-0.15, -0.1) is 0 Å². The van der Waals surface area contributed by atoms with Gasteiger partial charge in [0.15, 0.2) is 0 Å². The Morgan fingerprint density at radius 2 is 2.05 bits per heavy atom. The first-order valence-electron chi connectivity index (χ1n) is 6.36. The topological polar surface area (TPSA) is 19.0 Å². The van der Waals surface area contributed by atoms with E-state index in [1.54, 1.807) is 0 Å². The molecule has 1 aliphatic heterocycles. The van der Waals surface area contributed by atoms with E-state index in [4.69, 9.17) is 0 Å². The van der Waals surface area contributed by atoms with Crippen LogP contribution in [0, 0.1) is 0 Å². The van der Waals surface area contributed by atoms with Crippen molar-refractivity contribution in [1.29, 1.82) is 0 Å². The van der Waals surface area contributed by atoms with Crippen molar-refractivity contribution in [2.24, 2.45) is 0 Å². The summed E-state index contributed by atoms with van der Waals surface area (Å²) in [4.78, 5) is 4.76. The summed E-state index contributed by atoms with van der Waals surface area (Å²) in [6.07, 6.45) is -3.47. The van der Waals surface area contributed by atoms with Crippen LogP contribution in [-0.4, -0.2) is 29.1 Å². The number of alkyl halides is 3. The molecule has 102 valence electrons. The average molecular weight is 268 g/mol. The maximum atomic E-state index is 12.5. The van der Waals surface area contributed by atoms with E-state index < -0.39 is 12.7 Å². The Morgan fingerprint density at radius 3 is 2.79 bits per heavy atom. The molecule has 0 fully saturated rings. The number of nitrogens with zero attached hydrogens (tertiary/aromatic N) is 1. The predicted molar refractivity (Wildman–Crippen MR) is 68.0 cm³/mol. The predicted octanol–water partition coefficient (Wildman–Crippen LogP) is 3.65. The van der Waals surface area contributed by atoms with Gasteiger partial charge in [-0.2, -0.15) is 13.2 Å². The van der Waals surface area contributed by atoms with Gasteiger partial charge in [0, 0.05) is 29.2 Å². The monoisotopic (exact) mass is 268 g/mol. The van der Waals surface area contributed by atoms with Gasteiger partial charge in [0.1, 0.15) is 0 Å².